The molecular formula is C48H26ClN13O7. The van der Waals surface area contributed by atoms with Crippen LogP contribution in [0.2, 0.25) is 5.02 Å². The van der Waals surface area contributed by atoms with Crippen LogP contribution in [-0.4, -0.2) is 63.7 Å². The lowest BCUT2D eigenvalue weighted by Crippen LogP contribution is -2.08. The number of anilines is 1. The molecule has 0 aliphatic rings. The van der Waals surface area contributed by atoms with Crippen molar-refractivity contribution >= 4 is 50.0 Å². The van der Waals surface area contributed by atoms with Crippen molar-refractivity contribution in [2.24, 2.45) is 0 Å². The molecule has 0 aliphatic carbocycles. The molecule has 9 aromatic heterocycles. The van der Waals surface area contributed by atoms with E-state index in [1.165, 1.54) is 18.7 Å². The van der Waals surface area contributed by atoms with Crippen LogP contribution in [0.25, 0.3) is 107 Å². The Morgan fingerprint density at radius 3 is 1.59 bits per heavy atom. The molecule has 12 rings (SSSR count). The average molecular weight is 932 g/mol. The zero-order chi connectivity index (χ0) is 46.9. The van der Waals surface area contributed by atoms with E-state index >= 15 is 0 Å². The lowest BCUT2D eigenvalue weighted by atomic mass is 10.0. The van der Waals surface area contributed by atoms with E-state index in [1.54, 1.807) is 136 Å². The molecule has 69 heavy (non-hydrogen) atoms. The molecule has 20 nitrogen and oxygen atoms in total. The second kappa shape index (κ2) is 15.9. The molecule has 12 aromatic rings. The third-order valence-corrected chi connectivity index (χ3v) is 11.5. The zero-order valence-corrected chi connectivity index (χ0v) is 35.8. The van der Waals surface area contributed by atoms with Gasteiger partial charge in [-0.15, -0.1) is 0 Å². The van der Waals surface area contributed by atoms with Gasteiger partial charge in [0.15, 0.2) is 17.5 Å². The van der Waals surface area contributed by atoms with Crippen molar-refractivity contribution in [3.63, 3.8) is 0 Å². The van der Waals surface area contributed by atoms with Crippen LogP contribution in [0.4, 0.5) is 5.69 Å². The van der Waals surface area contributed by atoms with Gasteiger partial charge in [-0.1, -0.05) is 17.7 Å². The molecule has 0 spiro atoms. The number of nitrogens with two attached hydrogens (primary N) is 1. The van der Waals surface area contributed by atoms with Crippen LogP contribution in [0.15, 0.2) is 169 Å². The summed E-state index contributed by atoms with van der Waals surface area (Å²) in [6, 6.07) is 17.8. The van der Waals surface area contributed by atoms with E-state index in [2.05, 4.69) is 24.9 Å². The van der Waals surface area contributed by atoms with Gasteiger partial charge in [0.25, 0.3) is 0 Å². The normalized spacial score (nSPS) is 11.6. The number of hydrogen-bond donors (Lipinski definition) is 2. The molecule has 9 heterocycles. The van der Waals surface area contributed by atoms with E-state index in [0.717, 1.165) is 0 Å². The summed E-state index contributed by atoms with van der Waals surface area (Å²) in [5, 5.41) is 10.5. The quantitative estimate of drug-likeness (QED) is 0.142. The summed E-state index contributed by atoms with van der Waals surface area (Å²) in [5.74, 6) is 0.633. The molecule has 3 aromatic carbocycles. The highest BCUT2D eigenvalue weighted by atomic mass is 35.5. The number of benzene rings is 3. The van der Waals surface area contributed by atoms with Crippen molar-refractivity contribution in [2.75, 3.05) is 5.73 Å². The summed E-state index contributed by atoms with van der Waals surface area (Å²) >= 11 is 6.80. The first-order chi connectivity index (χ1) is 33.6. The molecule has 3 N–H and O–H groups in total. The predicted molar refractivity (Wildman–Crippen MR) is 251 cm³/mol. The lowest BCUT2D eigenvalue weighted by molar-refractivity contribution is 0.472. The van der Waals surface area contributed by atoms with Gasteiger partial charge in [0.2, 0.25) is 17.7 Å². The molecule has 0 radical (unpaired) electrons. The summed E-state index contributed by atoms with van der Waals surface area (Å²) in [6.07, 6.45) is 19.2. The number of aromatic nitrogens is 12. The van der Waals surface area contributed by atoms with Crippen LogP contribution in [0.3, 0.4) is 0 Å². The number of rotatable bonds is 8. The summed E-state index contributed by atoms with van der Waals surface area (Å²) in [5.41, 5.74) is 7.98. The van der Waals surface area contributed by atoms with Crippen molar-refractivity contribution in [3.8, 4) is 79.8 Å². The second-order valence-corrected chi connectivity index (χ2v) is 15.8. The largest absolute Gasteiger partial charge is 0.507 e. The van der Waals surface area contributed by atoms with Crippen molar-refractivity contribution in [1.82, 2.24) is 58.6 Å². The molecule has 332 valence electrons. The number of halogens is 1. The number of aromatic hydroxyl groups is 1. The maximum atomic E-state index is 14.0. The molecule has 0 saturated heterocycles. The standard InChI is InChI=1S/C48H26ClN13O7/c49-31-15-24(17-34-37(31)46(64)67-43(58-34)28-3-2-6-54-40(28)60-10-7-51-21-60)26-13-30(42(55-19-26)62-12-9-53-23-62)45-59-35-18-25(16-32(50)38(35)47(65)68-45)27-14-29(41(56-20-27)61-11-8-52-22-61)44-57-33-4-1-5-36(63)39(33)48(66)69-44/h1-23,63H,50H2. The smallest absolute Gasteiger partial charge is 0.350 e. The number of nitrogens with zero attached hydrogens (tertiary/aromatic N) is 12. The molecule has 0 fully saturated rings. The Morgan fingerprint density at radius 2 is 1.01 bits per heavy atom. The third-order valence-electron chi connectivity index (χ3n) is 11.2. The van der Waals surface area contributed by atoms with Crippen LogP contribution in [0.1, 0.15) is 0 Å². The third kappa shape index (κ3) is 6.94. The van der Waals surface area contributed by atoms with Gasteiger partial charge >= 0.3 is 16.9 Å². The monoisotopic (exact) mass is 931 g/mol. The number of hydrogen-bond acceptors (Lipinski definition) is 17. The average Bonchev–Trinajstić information content (AvgIpc) is 4.19. The van der Waals surface area contributed by atoms with Crippen LogP contribution < -0.4 is 22.6 Å². The van der Waals surface area contributed by atoms with Gasteiger partial charge in [-0.2, -0.15) is 0 Å². The van der Waals surface area contributed by atoms with Gasteiger partial charge in [-0.3, -0.25) is 13.7 Å². The molecule has 0 bridgehead atoms. The number of nitrogen functional groups attached to an aromatic ring is 1. The Hall–Kier alpha value is -9.95. The van der Waals surface area contributed by atoms with Gasteiger partial charge in [-0.05, 0) is 71.8 Å². The van der Waals surface area contributed by atoms with Gasteiger partial charge in [0.05, 0.1) is 38.3 Å². The zero-order valence-electron chi connectivity index (χ0n) is 35.0. The van der Waals surface area contributed by atoms with Crippen LogP contribution >= 0.6 is 11.6 Å². The SMILES string of the molecule is Nc1cc(-c2cnc(-n3ccnc3)c(-c3nc4cccc(O)c4c(=O)o3)c2)cc2nc(-c3cc(-c4cc(Cl)c5c(=O)oc(-c6cccnc6-n6ccnc6)nc5c4)cnc3-n3ccnc3)oc(=O)c12. The maximum Gasteiger partial charge on any atom is 0.350 e. The summed E-state index contributed by atoms with van der Waals surface area (Å²) < 4.78 is 22.2. The van der Waals surface area contributed by atoms with Gasteiger partial charge in [-0.25, -0.2) is 59.2 Å². The predicted octanol–water partition coefficient (Wildman–Crippen LogP) is 7.21. The number of phenols is 1. The Labute approximate surface area is 389 Å². The highest BCUT2D eigenvalue weighted by molar-refractivity contribution is 6.35. The molecule has 0 aliphatic heterocycles. The van der Waals surface area contributed by atoms with Gasteiger partial charge < -0.3 is 24.1 Å². The number of pyridine rings is 3. The van der Waals surface area contributed by atoms with E-state index in [0.29, 0.717) is 50.8 Å². The van der Waals surface area contributed by atoms with Crippen molar-refractivity contribution in [2.45, 2.75) is 0 Å². The first-order valence-electron chi connectivity index (χ1n) is 20.6. The fraction of sp³-hybridized carbons (Fsp3) is 0. The summed E-state index contributed by atoms with van der Waals surface area (Å²) in [7, 11) is 0. The number of imidazole rings is 3. The van der Waals surface area contributed by atoms with Crippen molar-refractivity contribution < 1.29 is 18.4 Å². The lowest BCUT2D eigenvalue weighted by Gasteiger charge is -2.13. The van der Waals surface area contributed by atoms with Crippen molar-refractivity contribution in [1.29, 1.82) is 0 Å². The van der Waals surface area contributed by atoms with E-state index in [9.17, 15) is 19.5 Å². The highest BCUT2D eigenvalue weighted by Gasteiger charge is 2.23. The van der Waals surface area contributed by atoms with E-state index in [1.807, 2.05) is 0 Å². The molecule has 21 heteroatoms. The fourth-order valence-corrected chi connectivity index (χ4v) is 8.34. The highest BCUT2D eigenvalue weighted by Crippen LogP contribution is 2.37. The van der Waals surface area contributed by atoms with Gasteiger partial charge in [0, 0.05) is 72.6 Å². The number of fused-ring (bicyclic) bond motifs is 3. The molecule has 0 atom stereocenters. The Kier molecular flexibility index (Phi) is 9.34. The molecular weight excluding hydrogens is 906 g/mol. The second-order valence-electron chi connectivity index (χ2n) is 15.4. The summed E-state index contributed by atoms with van der Waals surface area (Å²) in [4.78, 5) is 81.2. The maximum absolute atomic E-state index is 14.0. The molecule has 0 amide bonds. The van der Waals surface area contributed by atoms with Crippen LogP contribution in [0.5, 0.6) is 5.75 Å². The Morgan fingerprint density at radius 1 is 0.507 bits per heavy atom. The Balaban J connectivity index is 0.995. The first kappa shape index (κ1) is 40.6. The Bertz CT molecular complexity index is 4210. The minimum atomic E-state index is -0.800. The van der Waals surface area contributed by atoms with E-state index in [-0.39, 0.29) is 72.4 Å². The fourth-order valence-electron chi connectivity index (χ4n) is 8.04. The minimum Gasteiger partial charge on any atom is -0.507 e. The minimum absolute atomic E-state index is 0.00631. The van der Waals surface area contributed by atoms with Gasteiger partial charge in [0.1, 0.15) is 40.9 Å². The molecule has 0 unspecified atom stereocenters. The molecule has 0 saturated carbocycles. The first-order valence-corrected chi connectivity index (χ1v) is 21.0. The summed E-state index contributed by atoms with van der Waals surface area (Å²) in [6.45, 7) is 0. The topological polar surface area (TPSA) is 268 Å². The van der Waals surface area contributed by atoms with Crippen LogP contribution in [-0.2, 0) is 0 Å². The van der Waals surface area contributed by atoms with E-state index in [4.69, 9.17) is 50.5 Å². The van der Waals surface area contributed by atoms with Crippen LogP contribution in [0, 0.1) is 0 Å². The number of phenolic OH excluding ortho intramolecular Hbond substituents is 1. The van der Waals surface area contributed by atoms with Crippen molar-refractivity contribution in [3.05, 3.63) is 178 Å². The van der Waals surface area contributed by atoms with E-state index < -0.39 is 16.9 Å².